The zero-order valence-electron chi connectivity index (χ0n) is 10.9. The largest absolute Gasteiger partial charge is 0.366 e. The smallest absolute Gasteiger partial charge is 0.139 e. The Labute approximate surface area is 117 Å². The van der Waals surface area contributed by atoms with Gasteiger partial charge in [0.25, 0.3) is 0 Å². The summed E-state index contributed by atoms with van der Waals surface area (Å²) in [5, 5.41) is 3.55. The fraction of sp³-hybridized carbons (Fsp3) is 0.571. The van der Waals surface area contributed by atoms with Crippen molar-refractivity contribution in [2.24, 2.45) is 0 Å². The third kappa shape index (κ3) is 2.86. The van der Waals surface area contributed by atoms with Crippen LogP contribution in [0.4, 0.5) is 10.1 Å². The average Bonchev–Trinajstić information content (AvgIpc) is 2.41. The monoisotopic (exact) mass is 314 g/mol. The third-order valence-corrected chi connectivity index (χ3v) is 4.34. The maximum absolute atomic E-state index is 13.7. The van der Waals surface area contributed by atoms with Crippen LogP contribution in [0.5, 0.6) is 0 Å². The van der Waals surface area contributed by atoms with Gasteiger partial charge >= 0.3 is 0 Å². The van der Waals surface area contributed by atoms with Crippen molar-refractivity contribution in [2.45, 2.75) is 38.8 Å². The van der Waals surface area contributed by atoms with Crippen molar-refractivity contribution in [1.82, 2.24) is 5.32 Å². The van der Waals surface area contributed by atoms with Crippen molar-refractivity contribution in [3.8, 4) is 0 Å². The van der Waals surface area contributed by atoms with E-state index in [-0.39, 0.29) is 5.82 Å². The zero-order chi connectivity index (χ0) is 13.1. The Kier molecular flexibility index (Phi) is 4.62. The molecule has 2 rings (SSSR count). The molecule has 1 aliphatic heterocycles. The lowest BCUT2D eigenvalue weighted by molar-refractivity contribution is 0.378. The molecule has 1 saturated heterocycles. The molecule has 0 saturated carbocycles. The van der Waals surface area contributed by atoms with E-state index in [2.05, 4.69) is 40.0 Å². The molecule has 100 valence electrons. The van der Waals surface area contributed by atoms with Crippen molar-refractivity contribution < 1.29 is 4.39 Å². The third-order valence-electron chi connectivity index (χ3n) is 3.70. The van der Waals surface area contributed by atoms with E-state index < -0.39 is 0 Å². The van der Waals surface area contributed by atoms with Crippen LogP contribution in [0.25, 0.3) is 0 Å². The minimum Gasteiger partial charge on any atom is -0.366 e. The molecule has 2 nitrogen and oxygen atoms in total. The molecular weight excluding hydrogens is 295 g/mol. The Bertz CT molecular complexity index is 411. The first-order chi connectivity index (χ1) is 8.65. The summed E-state index contributed by atoms with van der Waals surface area (Å²) in [5.41, 5.74) is 0.988. The Morgan fingerprint density at radius 1 is 1.39 bits per heavy atom. The average molecular weight is 315 g/mol. The van der Waals surface area contributed by atoms with E-state index in [1.54, 1.807) is 12.1 Å². The standard InChI is InChI=1S/C14H20BrFN2/c1-3-10-9-18(11(4-2)8-17-10)12-5-6-13(15)14(16)7-12/h5-7,10-11,17H,3-4,8-9H2,1-2H3. The molecule has 1 aromatic carbocycles. The summed E-state index contributed by atoms with van der Waals surface area (Å²) in [5.74, 6) is -0.186. The maximum Gasteiger partial charge on any atom is 0.139 e. The lowest BCUT2D eigenvalue weighted by Crippen LogP contribution is -2.56. The molecule has 4 heteroatoms. The SMILES string of the molecule is CCC1CN(c2ccc(Br)c(F)c2)C(CC)CN1. The molecule has 2 unspecified atom stereocenters. The number of piperazine rings is 1. The van der Waals surface area contributed by atoms with Crippen LogP contribution in [-0.2, 0) is 0 Å². The van der Waals surface area contributed by atoms with Crippen molar-refractivity contribution in [3.05, 3.63) is 28.5 Å². The fourth-order valence-electron chi connectivity index (χ4n) is 2.48. The van der Waals surface area contributed by atoms with Crippen molar-refractivity contribution in [2.75, 3.05) is 18.0 Å². The Hall–Kier alpha value is -0.610. The van der Waals surface area contributed by atoms with E-state index in [9.17, 15) is 4.39 Å². The van der Waals surface area contributed by atoms with Gasteiger partial charge in [-0.3, -0.25) is 0 Å². The van der Waals surface area contributed by atoms with Crippen LogP contribution in [0.2, 0.25) is 0 Å². The van der Waals surface area contributed by atoms with Gasteiger partial charge in [0.2, 0.25) is 0 Å². The molecule has 1 fully saturated rings. The molecule has 1 heterocycles. The molecule has 0 spiro atoms. The number of anilines is 1. The summed E-state index contributed by atoms with van der Waals surface area (Å²) in [7, 11) is 0. The second kappa shape index (κ2) is 6.02. The molecule has 1 aromatic rings. The van der Waals surface area contributed by atoms with Gasteiger partial charge in [0.05, 0.1) is 4.47 Å². The highest BCUT2D eigenvalue weighted by Crippen LogP contribution is 2.26. The molecule has 2 atom stereocenters. The first kappa shape index (κ1) is 13.8. The number of hydrogen-bond acceptors (Lipinski definition) is 2. The quantitative estimate of drug-likeness (QED) is 0.917. The molecule has 0 bridgehead atoms. The summed E-state index contributed by atoms with van der Waals surface area (Å²) in [6.07, 6.45) is 2.17. The predicted molar refractivity (Wildman–Crippen MR) is 77.6 cm³/mol. The van der Waals surface area contributed by atoms with Crippen molar-refractivity contribution in [3.63, 3.8) is 0 Å². The second-order valence-electron chi connectivity index (χ2n) is 4.83. The van der Waals surface area contributed by atoms with Crippen LogP contribution in [0.1, 0.15) is 26.7 Å². The second-order valence-corrected chi connectivity index (χ2v) is 5.68. The van der Waals surface area contributed by atoms with Crippen LogP contribution in [0, 0.1) is 5.82 Å². The van der Waals surface area contributed by atoms with Crippen LogP contribution >= 0.6 is 15.9 Å². The molecule has 0 radical (unpaired) electrons. The lowest BCUT2D eigenvalue weighted by atomic mass is 10.0. The van der Waals surface area contributed by atoms with Gasteiger partial charge in [-0.1, -0.05) is 13.8 Å². The minimum atomic E-state index is -0.186. The Morgan fingerprint density at radius 2 is 2.17 bits per heavy atom. The van der Waals surface area contributed by atoms with Crippen molar-refractivity contribution >= 4 is 21.6 Å². The highest BCUT2D eigenvalue weighted by atomic mass is 79.9. The maximum atomic E-state index is 13.7. The molecular formula is C14H20BrFN2. The van der Waals surface area contributed by atoms with Crippen molar-refractivity contribution in [1.29, 1.82) is 0 Å². The lowest BCUT2D eigenvalue weighted by Gasteiger charge is -2.41. The summed E-state index contributed by atoms with van der Waals surface area (Å²) >= 11 is 3.21. The zero-order valence-corrected chi connectivity index (χ0v) is 12.5. The summed E-state index contributed by atoms with van der Waals surface area (Å²) in [6, 6.07) is 6.37. The van der Waals surface area contributed by atoms with Gasteiger partial charge in [-0.25, -0.2) is 4.39 Å². The highest BCUT2D eigenvalue weighted by molar-refractivity contribution is 9.10. The van der Waals surface area contributed by atoms with Crippen LogP contribution in [0.15, 0.2) is 22.7 Å². The first-order valence-corrected chi connectivity index (χ1v) is 7.40. The van der Waals surface area contributed by atoms with Crippen LogP contribution in [0.3, 0.4) is 0 Å². The van der Waals surface area contributed by atoms with E-state index in [1.807, 2.05) is 6.07 Å². The molecule has 1 N–H and O–H groups in total. The predicted octanol–water partition coefficient (Wildman–Crippen LogP) is 3.56. The van der Waals surface area contributed by atoms with Crippen LogP contribution < -0.4 is 10.2 Å². The molecule has 0 amide bonds. The topological polar surface area (TPSA) is 15.3 Å². The minimum absolute atomic E-state index is 0.186. The van der Waals surface area contributed by atoms with E-state index in [1.165, 1.54) is 0 Å². The number of halogens is 2. The Morgan fingerprint density at radius 3 is 2.78 bits per heavy atom. The van der Waals surface area contributed by atoms with Gasteiger partial charge in [-0.2, -0.15) is 0 Å². The number of nitrogens with one attached hydrogen (secondary N) is 1. The van der Waals surface area contributed by atoms with Gasteiger partial charge in [-0.05, 0) is 47.0 Å². The molecule has 1 aliphatic rings. The number of benzene rings is 1. The number of rotatable bonds is 3. The summed E-state index contributed by atoms with van der Waals surface area (Å²) in [4.78, 5) is 2.33. The normalized spacial score (nSPS) is 24.3. The summed E-state index contributed by atoms with van der Waals surface area (Å²) < 4.78 is 14.2. The first-order valence-electron chi connectivity index (χ1n) is 6.60. The van der Waals surface area contributed by atoms with Gasteiger partial charge in [0, 0.05) is 30.9 Å². The van der Waals surface area contributed by atoms with Gasteiger partial charge < -0.3 is 10.2 Å². The van der Waals surface area contributed by atoms with E-state index in [0.29, 0.717) is 16.6 Å². The molecule has 0 aromatic heterocycles. The van der Waals surface area contributed by atoms with E-state index >= 15 is 0 Å². The molecule has 0 aliphatic carbocycles. The number of nitrogens with zero attached hydrogens (tertiary/aromatic N) is 1. The van der Waals surface area contributed by atoms with Gasteiger partial charge in [0.15, 0.2) is 0 Å². The van der Waals surface area contributed by atoms with Crippen LogP contribution in [-0.4, -0.2) is 25.2 Å². The molecule has 18 heavy (non-hydrogen) atoms. The van der Waals surface area contributed by atoms with E-state index in [4.69, 9.17) is 0 Å². The Balaban J connectivity index is 2.23. The van der Waals surface area contributed by atoms with Gasteiger partial charge in [0.1, 0.15) is 5.82 Å². The van der Waals surface area contributed by atoms with E-state index in [0.717, 1.165) is 31.6 Å². The fourth-order valence-corrected chi connectivity index (χ4v) is 2.73. The summed E-state index contributed by atoms with van der Waals surface area (Å²) in [6.45, 7) is 6.30. The van der Waals surface area contributed by atoms with Gasteiger partial charge in [-0.15, -0.1) is 0 Å². The number of hydrogen-bond donors (Lipinski definition) is 1. The highest BCUT2D eigenvalue weighted by Gasteiger charge is 2.26.